The summed E-state index contributed by atoms with van der Waals surface area (Å²) in [5, 5.41) is 19.1. The number of anilines is 1. The fraction of sp³-hybridized carbons (Fsp3) is 0.286. The first kappa shape index (κ1) is 28.7. The number of hydrogen-bond donors (Lipinski definition) is 1. The minimum atomic E-state index is -1.02. The summed E-state index contributed by atoms with van der Waals surface area (Å²) in [4.78, 5) is 49.3. The van der Waals surface area contributed by atoms with Crippen molar-refractivity contribution in [2.75, 3.05) is 24.6 Å². The molecular formula is C35H32N6O4S. The average molecular weight is 633 g/mol. The molecule has 0 saturated carbocycles. The number of nitrogens with zero attached hydrogens (tertiary/aromatic N) is 6. The van der Waals surface area contributed by atoms with Gasteiger partial charge in [-0.15, -0.1) is 16.9 Å². The maximum Gasteiger partial charge on any atom is 0.248 e. The van der Waals surface area contributed by atoms with Crippen LogP contribution in [0.2, 0.25) is 0 Å². The molecule has 2 fully saturated rings. The van der Waals surface area contributed by atoms with Gasteiger partial charge in [-0.2, -0.15) is 0 Å². The molecule has 232 valence electrons. The minimum absolute atomic E-state index is 0.135. The van der Waals surface area contributed by atoms with Gasteiger partial charge >= 0.3 is 0 Å². The topological polar surface area (TPSA) is 112 Å². The Morgan fingerprint density at radius 2 is 1.61 bits per heavy atom. The summed E-state index contributed by atoms with van der Waals surface area (Å²) in [6, 6.07) is 24.6. The molecule has 1 N–H and O–H groups in total. The smallest absolute Gasteiger partial charge is 0.248 e. The van der Waals surface area contributed by atoms with Crippen LogP contribution in [0.25, 0.3) is 11.0 Å². The van der Waals surface area contributed by atoms with Crippen LogP contribution in [-0.4, -0.2) is 83.4 Å². The second-order valence-corrected chi connectivity index (χ2v) is 13.6. The fourth-order valence-corrected chi connectivity index (χ4v) is 9.63. The summed E-state index contributed by atoms with van der Waals surface area (Å²) in [5.74, 6) is -2.19. The van der Waals surface area contributed by atoms with Gasteiger partial charge in [-0.25, -0.2) is 4.68 Å². The average Bonchev–Trinajstić information content (AvgIpc) is 3.64. The molecule has 11 heteroatoms. The number of amides is 3. The summed E-state index contributed by atoms with van der Waals surface area (Å²) >= 11 is 1.52. The Balaban J connectivity index is 1.24. The predicted octanol–water partition coefficient (Wildman–Crippen LogP) is 3.42. The monoisotopic (exact) mass is 632 g/mol. The normalized spacial score (nSPS) is 27.8. The van der Waals surface area contributed by atoms with E-state index in [9.17, 15) is 19.5 Å². The minimum Gasteiger partial charge on any atom is -0.394 e. The first-order valence-corrected chi connectivity index (χ1v) is 16.3. The summed E-state index contributed by atoms with van der Waals surface area (Å²) < 4.78 is 0.665. The van der Waals surface area contributed by atoms with Gasteiger partial charge in [-0.3, -0.25) is 14.4 Å². The van der Waals surface area contributed by atoms with E-state index in [1.807, 2.05) is 109 Å². The molecule has 10 nitrogen and oxygen atoms in total. The van der Waals surface area contributed by atoms with Crippen LogP contribution in [-0.2, 0) is 21.1 Å². The van der Waals surface area contributed by atoms with Gasteiger partial charge in [0.1, 0.15) is 18.2 Å². The third-order valence-electron chi connectivity index (χ3n) is 9.67. The van der Waals surface area contributed by atoms with Crippen molar-refractivity contribution in [3.05, 3.63) is 115 Å². The van der Waals surface area contributed by atoms with Crippen LogP contribution in [0.4, 0.5) is 5.69 Å². The maximum absolute atomic E-state index is 14.9. The summed E-state index contributed by atoms with van der Waals surface area (Å²) in [6.07, 6.45) is 7.95. The van der Waals surface area contributed by atoms with E-state index in [4.69, 9.17) is 0 Å². The van der Waals surface area contributed by atoms with Crippen LogP contribution >= 0.6 is 11.8 Å². The van der Waals surface area contributed by atoms with Crippen LogP contribution in [0.3, 0.4) is 0 Å². The van der Waals surface area contributed by atoms with Crippen molar-refractivity contribution in [3.8, 4) is 0 Å². The molecule has 46 heavy (non-hydrogen) atoms. The molecule has 3 amide bonds. The van der Waals surface area contributed by atoms with Gasteiger partial charge in [0.05, 0.1) is 34.7 Å². The van der Waals surface area contributed by atoms with E-state index < -0.39 is 28.7 Å². The van der Waals surface area contributed by atoms with Gasteiger partial charge < -0.3 is 19.8 Å². The Labute approximate surface area is 270 Å². The zero-order valence-electron chi connectivity index (χ0n) is 24.9. The third-order valence-corrected chi connectivity index (χ3v) is 11.4. The van der Waals surface area contributed by atoms with E-state index >= 15 is 0 Å². The van der Waals surface area contributed by atoms with Gasteiger partial charge in [0.15, 0.2) is 0 Å². The van der Waals surface area contributed by atoms with E-state index in [0.29, 0.717) is 13.1 Å². The second kappa shape index (κ2) is 11.3. The van der Waals surface area contributed by atoms with E-state index in [0.717, 1.165) is 22.3 Å². The van der Waals surface area contributed by atoms with E-state index in [-0.39, 0.29) is 36.2 Å². The Bertz CT molecular complexity index is 1880. The van der Waals surface area contributed by atoms with Crippen molar-refractivity contribution >= 4 is 46.2 Å². The van der Waals surface area contributed by atoms with Gasteiger partial charge in [0, 0.05) is 24.0 Å². The lowest BCUT2D eigenvalue weighted by molar-refractivity contribution is -0.146. The van der Waals surface area contributed by atoms with Crippen LogP contribution < -0.4 is 4.90 Å². The van der Waals surface area contributed by atoms with Crippen LogP contribution in [0.1, 0.15) is 11.6 Å². The molecule has 0 radical (unpaired) electrons. The van der Waals surface area contributed by atoms with Gasteiger partial charge in [0.25, 0.3) is 0 Å². The molecule has 5 heterocycles. The fourth-order valence-electron chi connectivity index (χ4n) is 7.64. The Hall–Kier alpha value is -4.74. The Morgan fingerprint density at radius 3 is 2.39 bits per heavy atom. The van der Waals surface area contributed by atoms with Crippen molar-refractivity contribution in [1.82, 2.24) is 24.8 Å². The van der Waals surface area contributed by atoms with E-state index in [1.165, 1.54) is 11.8 Å². The van der Waals surface area contributed by atoms with Gasteiger partial charge in [-0.05, 0) is 29.8 Å². The molecular weight excluding hydrogens is 600 g/mol. The zero-order valence-corrected chi connectivity index (χ0v) is 25.7. The van der Waals surface area contributed by atoms with Crippen molar-refractivity contribution < 1.29 is 19.5 Å². The SMILES string of the molecule is O=C1C2N([C@H](CO)c3ccccc3)C(=O)[C@@H]3[C@H]4C(=O)N(c5ccccc5)CC=C[C@H]4S[C@]23C=CCN1Cn1nnc2ccccc21. The van der Waals surface area contributed by atoms with Crippen LogP contribution in [0, 0.1) is 11.8 Å². The number of rotatable bonds is 6. The molecule has 0 bridgehead atoms. The molecule has 1 spiro atoms. The number of benzene rings is 3. The molecule has 4 aromatic rings. The number of thioether (sulfide) groups is 1. The van der Waals surface area contributed by atoms with Crippen molar-refractivity contribution in [1.29, 1.82) is 0 Å². The van der Waals surface area contributed by atoms with Crippen molar-refractivity contribution in [2.45, 2.75) is 28.7 Å². The molecule has 3 aromatic carbocycles. The molecule has 4 aliphatic rings. The van der Waals surface area contributed by atoms with Crippen molar-refractivity contribution in [2.24, 2.45) is 11.8 Å². The third kappa shape index (κ3) is 4.33. The van der Waals surface area contributed by atoms with Crippen LogP contribution in [0.15, 0.2) is 109 Å². The van der Waals surface area contributed by atoms with Gasteiger partial charge in [-0.1, -0.05) is 90.2 Å². The number of hydrogen-bond acceptors (Lipinski definition) is 7. The number of aliphatic hydroxyl groups excluding tert-OH is 1. The molecule has 0 aliphatic carbocycles. The summed E-state index contributed by atoms with van der Waals surface area (Å²) in [6.45, 7) is 0.457. The highest BCUT2D eigenvalue weighted by atomic mass is 32.2. The van der Waals surface area contributed by atoms with Crippen molar-refractivity contribution in [3.63, 3.8) is 0 Å². The highest BCUT2D eigenvalue weighted by molar-refractivity contribution is 8.02. The first-order chi connectivity index (χ1) is 22.5. The Kier molecular flexibility index (Phi) is 7.02. The predicted molar refractivity (Wildman–Crippen MR) is 174 cm³/mol. The lowest BCUT2D eigenvalue weighted by atomic mass is 9.78. The van der Waals surface area contributed by atoms with Gasteiger partial charge in [0.2, 0.25) is 17.7 Å². The first-order valence-electron chi connectivity index (χ1n) is 15.5. The van der Waals surface area contributed by atoms with E-state index in [2.05, 4.69) is 10.3 Å². The number of carbonyl (C=O) groups excluding carboxylic acids is 3. The summed E-state index contributed by atoms with van der Waals surface area (Å²) in [7, 11) is 0. The van der Waals surface area contributed by atoms with E-state index in [1.54, 1.807) is 19.4 Å². The zero-order chi connectivity index (χ0) is 31.4. The molecule has 4 aliphatic heterocycles. The number of para-hydroxylation sites is 2. The number of aromatic nitrogens is 3. The lowest BCUT2D eigenvalue weighted by Crippen LogP contribution is -2.54. The molecule has 8 rings (SSSR count). The molecule has 1 aromatic heterocycles. The number of fused-ring (bicyclic) bond motifs is 3. The largest absolute Gasteiger partial charge is 0.394 e. The number of carbonyl (C=O) groups is 3. The quantitative estimate of drug-likeness (QED) is 0.325. The Morgan fingerprint density at radius 1 is 0.870 bits per heavy atom. The standard InChI is InChI=1S/C35H32N6O4S/c42-21-27(23-11-3-1-4-12-23)41-31-34(45)38(22-40-26-16-8-7-15-25(26)36-37-40)19-10-18-35(31)30(33(41)44)29-28(46-35)17-9-20-39(32(29)43)24-13-5-2-6-14-24/h1-18,27-31,42H,19-22H2/t27-,28-,29+,30+,31?,35+/m1/s1. The molecule has 2 saturated heterocycles. The number of aliphatic hydroxyl groups is 1. The highest BCUT2D eigenvalue weighted by Gasteiger charge is 2.72. The maximum atomic E-state index is 14.9. The number of likely N-dealkylation sites (tertiary alicyclic amines) is 1. The summed E-state index contributed by atoms with van der Waals surface area (Å²) in [5.41, 5.74) is 3.00. The molecule has 6 atom stereocenters. The highest BCUT2D eigenvalue weighted by Crippen LogP contribution is 2.62. The second-order valence-electron chi connectivity index (χ2n) is 12.1. The lowest BCUT2D eigenvalue weighted by Gasteiger charge is -2.38. The van der Waals surface area contributed by atoms with Crippen LogP contribution in [0.5, 0.6) is 0 Å². The molecule has 1 unspecified atom stereocenters.